The van der Waals surface area contributed by atoms with Crippen molar-refractivity contribution >= 4 is 40.6 Å². The molecule has 0 spiro atoms. The molecule has 9 heteroatoms. The number of thiazole rings is 1. The summed E-state index contributed by atoms with van der Waals surface area (Å²) < 4.78 is 1.82. The van der Waals surface area contributed by atoms with E-state index >= 15 is 0 Å². The van der Waals surface area contributed by atoms with Crippen LogP contribution in [0.2, 0.25) is 0 Å². The largest absolute Gasteiger partial charge is 0.365 e. The number of anilines is 1. The van der Waals surface area contributed by atoms with Crippen LogP contribution in [0, 0.1) is 0 Å². The average Bonchev–Trinajstić information content (AvgIpc) is 3.58. The molecule has 4 rings (SSSR count). The number of hydrogen-bond acceptors (Lipinski definition) is 7. The predicted molar refractivity (Wildman–Crippen MR) is 142 cm³/mol. The highest BCUT2D eigenvalue weighted by atomic mass is 32.2. The number of hydrogen-bond donors (Lipinski definition) is 3. The lowest BCUT2D eigenvalue weighted by Gasteiger charge is -2.06. The number of amides is 1. The Labute approximate surface area is 207 Å². The van der Waals surface area contributed by atoms with E-state index in [0.717, 1.165) is 22.0 Å². The molecule has 0 aliphatic rings. The van der Waals surface area contributed by atoms with Crippen LogP contribution in [-0.2, 0) is 11.3 Å². The Kier molecular flexibility index (Phi) is 9.45. The molecular formula is C25H27N5O2S2. The molecule has 0 aliphatic heterocycles. The summed E-state index contributed by atoms with van der Waals surface area (Å²) in [5.74, 6) is -0.222. The van der Waals surface area contributed by atoms with E-state index < -0.39 is 0 Å². The Morgan fingerprint density at radius 3 is 2.53 bits per heavy atom. The molecule has 0 atom stereocenters. The zero-order valence-corrected chi connectivity index (χ0v) is 20.7. The van der Waals surface area contributed by atoms with Gasteiger partial charge in [-0.25, -0.2) is 4.98 Å². The summed E-state index contributed by atoms with van der Waals surface area (Å²) in [6.07, 6.45) is 6.07. The van der Waals surface area contributed by atoms with E-state index in [-0.39, 0.29) is 12.5 Å². The van der Waals surface area contributed by atoms with Gasteiger partial charge in [-0.15, -0.1) is 11.3 Å². The maximum atomic E-state index is 11.2. The Morgan fingerprint density at radius 2 is 1.88 bits per heavy atom. The van der Waals surface area contributed by atoms with Crippen LogP contribution >= 0.6 is 23.3 Å². The zero-order valence-electron chi connectivity index (χ0n) is 19.0. The summed E-state index contributed by atoms with van der Waals surface area (Å²) >= 11 is 3.11. The van der Waals surface area contributed by atoms with Crippen LogP contribution in [0.4, 0.5) is 5.13 Å². The summed E-state index contributed by atoms with van der Waals surface area (Å²) in [5.41, 5.74) is 11.9. The highest BCUT2D eigenvalue weighted by Crippen LogP contribution is 2.29. The first-order valence-electron chi connectivity index (χ1n) is 10.5. The fourth-order valence-electron chi connectivity index (χ4n) is 3.12. The molecule has 2 aromatic carbocycles. The Morgan fingerprint density at radius 1 is 1.15 bits per heavy atom. The minimum Gasteiger partial charge on any atom is -0.365 e. The maximum Gasteiger partial charge on any atom is 0.253 e. The van der Waals surface area contributed by atoms with E-state index in [4.69, 9.17) is 5.73 Å². The molecule has 4 N–H and O–H groups in total. The van der Waals surface area contributed by atoms with Crippen LogP contribution in [0.15, 0.2) is 72.4 Å². The van der Waals surface area contributed by atoms with E-state index in [2.05, 4.69) is 57.4 Å². The number of aromatic nitrogens is 2. The molecule has 0 radical (unpaired) electrons. The molecule has 0 saturated heterocycles. The first kappa shape index (κ1) is 25.2. The number of nitrogens with one attached hydrogen (secondary N) is 2. The van der Waals surface area contributed by atoms with Crippen molar-refractivity contribution in [1.82, 2.24) is 14.3 Å². The number of benzene rings is 2. The average molecular weight is 494 g/mol. The molecule has 0 saturated carbocycles. The third-order valence-corrected chi connectivity index (χ3v) is 6.37. The van der Waals surface area contributed by atoms with Gasteiger partial charge in [0.2, 0.25) is 0 Å². The fraction of sp³-hybridized carbons (Fsp3) is 0.160. The van der Waals surface area contributed by atoms with Crippen molar-refractivity contribution in [3.63, 3.8) is 0 Å². The number of carbonyl (C=O) groups excluding carboxylic acids is 2. The standard InChI is InChI=1S/C17H17N3S.C8H10N2O2S/c1-19-17-20-16(11-21-17)15-7-3-6-14(9-15)13-5-2-4-12(8-13)10-18;1-13-10-4-2-7(6-10)8(12)9-3-5-11/h2-9,11H,10,18H2,1H3,(H,19,20);2,4-6H,3H2,1H3,(H,9,12). The van der Waals surface area contributed by atoms with Crippen LogP contribution < -0.4 is 16.4 Å². The van der Waals surface area contributed by atoms with E-state index in [1.165, 1.54) is 23.1 Å². The van der Waals surface area contributed by atoms with Gasteiger partial charge in [0.1, 0.15) is 6.29 Å². The van der Waals surface area contributed by atoms with Crippen molar-refractivity contribution in [1.29, 1.82) is 0 Å². The molecule has 4 aromatic rings. The quantitative estimate of drug-likeness (QED) is 0.312. The van der Waals surface area contributed by atoms with E-state index in [1.807, 2.05) is 29.4 Å². The summed E-state index contributed by atoms with van der Waals surface area (Å²) in [4.78, 5) is 25.8. The van der Waals surface area contributed by atoms with Crippen LogP contribution in [-0.4, -0.2) is 41.0 Å². The second kappa shape index (κ2) is 12.7. The number of nitrogens with two attached hydrogens (primary N) is 1. The molecule has 2 aromatic heterocycles. The lowest BCUT2D eigenvalue weighted by atomic mass is 10.0. The molecule has 2 heterocycles. The van der Waals surface area contributed by atoms with E-state index in [0.29, 0.717) is 18.4 Å². The van der Waals surface area contributed by atoms with Crippen molar-refractivity contribution in [2.24, 2.45) is 5.73 Å². The van der Waals surface area contributed by atoms with Gasteiger partial charge in [-0.2, -0.15) is 0 Å². The monoisotopic (exact) mass is 493 g/mol. The first-order valence-corrected chi connectivity index (χ1v) is 12.6. The van der Waals surface area contributed by atoms with Gasteiger partial charge in [-0.05, 0) is 46.8 Å². The fourth-order valence-corrected chi connectivity index (χ4v) is 4.20. The van der Waals surface area contributed by atoms with Crippen LogP contribution in [0.5, 0.6) is 0 Å². The number of nitrogens with zero attached hydrogens (tertiary/aromatic N) is 2. The third kappa shape index (κ3) is 6.80. The molecule has 34 heavy (non-hydrogen) atoms. The van der Waals surface area contributed by atoms with Crippen molar-refractivity contribution < 1.29 is 9.59 Å². The normalized spacial score (nSPS) is 10.2. The topological polar surface area (TPSA) is 102 Å². The minimum absolute atomic E-state index is 0.0588. The van der Waals surface area contributed by atoms with Crippen LogP contribution in [0.25, 0.3) is 22.4 Å². The smallest absolute Gasteiger partial charge is 0.253 e. The molecule has 1 amide bonds. The van der Waals surface area contributed by atoms with Gasteiger partial charge in [-0.1, -0.05) is 36.4 Å². The highest BCUT2D eigenvalue weighted by Gasteiger charge is 2.06. The van der Waals surface area contributed by atoms with Crippen molar-refractivity contribution in [2.75, 3.05) is 25.2 Å². The first-order chi connectivity index (χ1) is 16.6. The molecule has 176 valence electrons. The maximum absolute atomic E-state index is 11.2. The Balaban J connectivity index is 0.000000215. The van der Waals surface area contributed by atoms with Gasteiger partial charge in [0.15, 0.2) is 5.13 Å². The summed E-state index contributed by atoms with van der Waals surface area (Å²) in [6, 6.07) is 18.5. The third-order valence-electron chi connectivity index (χ3n) is 4.86. The molecule has 0 fully saturated rings. The Hall–Kier alpha value is -3.40. The highest BCUT2D eigenvalue weighted by molar-refractivity contribution is 7.97. The van der Waals surface area contributed by atoms with Gasteiger partial charge in [0.05, 0.1) is 17.8 Å². The Bertz CT molecular complexity index is 1240. The van der Waals surface area contributed by atoms with Gasteiger partial charge in [0, 0.05) is 43.2 Å². The number of rotatable bonds is 8. The minimum atomic E-state index is -0.222. The number of carbonyl (C=O) groups is 2. The molecule has 0 bridgehead atoms. The summed E-state index contributed by atoms with van der Waals surface area (Å²) in [7, 11) is 1.89. The van der Waals surface area contributed by atoms with Crippen molar-refractivity contribution in [3.05, 3.63) is 83.5 Å². The van der Waals surface area contributed by atoms with Gasteiger partial charge < -0.3 is 21.2 Å². The van der Waals surface area contributed by atoms with Gasteiger partial charge >= 0.3 is 0 Å². The van der Waals surface area contributed by atoms with Crippen molar-refractivity contribution in [3.8, 4) is 22.4 Å². The SMILES string of the molecule is CNc1nc(-c2cccc(-c3cccc(CN)c3)c2)cs1.CSn1ccc(C(=O)NCC=O)c1. The van der Waals surface area contributed by atoms with Gasteiger partial charge in [0.25, 0.3) is 5.91 Å². The second-order valence-corrected chi connectivity index (χ2v) is 8.74. The van der Waals surface area contributed by atoms with E-state index in [9.17, 15) is 9.59 Å². The number of aldehydes is 1. The summed E-state index contributed by atoms with van der Waals surface area (Å²) in [6.45, 7) is 0.619. The molecule has 0 unspecified atom stereocenters. The lowest BCUT2D eigenvalue weighted by molar-refractivity contribution is -0.107. The van der Waals surface area contributed by atoms with Crippen molar-refractivity contribution in [2.45, 2.75) is 6.54 Å². The molecule has 0 aliphatic carbocycles. The van der Waals surface area contributed by atoms with Crippen LogP contribution in [0.3, 0.4) is 0 Å². The second-order valence-electron chi connectivity index (χ2n) is 7.09. The summed E-state index contributed by atoms with van der Waals surface area (Å²) in [5, 5.41) is 8.53. The van der Waals surface area contributed by atoms with Gasteiger partial charge in [-0.3, -0.25) is 8.77 Å². The van der Waals surface area contributed by atoms with E-state index in [1.54, 1.807) is 29.8 Å². The zero-order chi connectivity index (χ0) is 24.3. The molecular weight excluding hydrogens is 466 g/mol. The predicted octanol–water partition coefficient (Wildman–Crippen LogP) is 4.52. The molecule has 7 nitrogen and oxygen atoms in total. The van der Waals surface area contributed by atoms with Crippen LogP contribution in [0.1, 0.15) is 15.9 Å². The lowest BCUT2D eigenvalue weighted by Crippen LogP contribution is -2.24.